The molecule has 25 heavy (non-hydrogen) atoms. The van der Waals surface area contributed by atoms with Crippen LogP contribution in [0.5, 0.6) is 5.75 Å². The third kappa shape index (κ3) is 4.00. The molecule has 0 unspecified atom stereocenters. The first kappa shape index (κ1) is 17.8. The van der Waals surface area contributed by atoms with Crippen LogP contribution in [0.4, 0.5) is 0 Å². The zero-order valence-corrected chi connectivity index (χ0v) is 15.1. The Hall–Kier alpha value is -1.96. The molecular formula is C18H23N3O3S. The van der Waals surface area contributed by atoms with Crippen LogP contribution in [0.15, 0.2) is 29.6 Å². The van der Waals surface area contributed by atoms with E-state index in [1.165, 1.54) is 16.9 Å². The van der Waals surface area contributed by atoms with Crippen LogP contribution in [0, 0.1) is 0 Å². The summed E-state index contributed by atoms with van der Waals surface area (Å²) in [4.78, 5) is 16.7. The Morgan fingerprint density at radius 2 is 2.08 bits per heavy atom. The normalized spacial score (nSPS) is 16.4. The van der Waals surface area contributed by atoms with Crippen LogP contribution in [0.2, 0.25) is 0 Å². The van der Waals surface area contributed by atoms with E-state index in [1.54, 1.807) is 12.5 Å². The number of benzene rings is 1. The Kier molecular flexibility index (Phi) is 5.67. The maximum atomic E-state index is 12.4. The molecule has 1 saturated heterocycles. The second-order valence-electron chi connectivity index (χ2n) is 6.13. The molecule has 1 aromatic heterocycles. The van der Waals surface area contributed by atoms with Crippen LogP contribution in [0.1, 0.15) is 33.9 Å². The van der Waals surface area contributed by atoms with Crippen molar-refractivity contribution in [3.8, 4) is 5.75 Å². The lowest BCUT2D eigenvalue weighted by Crippen LogP contribution is -2.44. The number of nitrogens with two attached hydrogens (primary N) is 1. The Balaban J connectivity index is 1.75. The maximum Gasteiger partial charge on any atom is 0.270 e. The Bertz CT molecular complexity index is 709. The number of rotatable bonds is 6. The molecule has 0 spiro atoms. The van der Waals surface area contributed by atoms with Crippen molar-refractivity contribution in [2.75, 3.05) is 26.9 Å². The zero-order valence-electron chi connectivity index (χ0n) is 14.3. The molecule has 7 heteroatoms. The fourth-order valence-corrected chi connectivity index (χ4v) is 3.78. The number of aromatic nitrogens is 1. The summed E-state index contributed by atoms with van der Waals surface area (Å²) in [5.74, 6) is 0.669. The number of nitrogens with zero attached hydrogens (tertiary/aromatic N) is 1. The fourth-order valence-electron chi connectivity index (χ4n) is 3.12. The minimum absolute atomic E-state index is 0.132. The van der Waals surface area contributed by atoms with Crippen molar-refractivity contribution in [2.45, 2.75) is 24.8 Å². The van der Waals surface area contributed by atoms with Gasteiger partial charge >= 0.3 is 0 Å². The standard InChI is InChI=1S/C18H23N3O3S/c1-23-14-4-2-13(3-5-14)18(6-8-24-9-7-18)12-20-17(22)15-11-25-16(10-19)21-15/h2-5,11H,6-10,12,19H2,1H3,(H,20,22). The van der Waals surface area contributed by atoms with E-state index in [4.69, 9.17) is 15.2 Å². The van der Waals surface area contributed by atoms with Crippen LogP contribution in [-0.2, 0) is 16.7 Å². The van der Waals surface area contributed by atoms with Gasteiger partial charge in [-0.1, -0.05) is 12.1 Å². The van der Waals surface area contributed by atoms with Crippen molar-refractivity contribution in [1.29, 1.82) is 0 Å². The lowest BCUT2D eigenvalue weighted by Gasteiger charge is -2.38. The molecule has 1 aliphatic rings. The second kappa shape index (κ2) is 7.95. The number of thiazole rings is 1. The van der Waals surface area contributed by atoms with E-state index < -0.39 is 0 Å². The first-order valence-electron chi connectivity index (χ1n) is 8.32. The molecule has 134 valence electrons. The highest BCUT2D eigenvalue weighted by atomic mass is 32.1. The number of hydrogen-bond acceptors (Lipinski definition) is 6. The monoisotopic (exact) mass is 361 g/mol. The van der Waals surface area contributed by atoms with E-state index in [0.29, 0.717) is 32.0 Å². The quantitative estimate of drug-likeness (QED) is 0.823. The lowest BCUT2D eigenvalue weighted by atomic mass is 9.74. The van der Waals surface area contributed by atoms with Crippen LogP contribution in [0.25, 0.3) is 0 Å². The summed E-state index contributed by atoms with van der Waals surface area (Å²) in [5, 5.41) is 5.57. The molecule has 0 atom stereocenters. The minimum Gasteiger partial charge on any atom is -0.497 e. The molecule has 6 nitrogen and oxygen atoms in total. The summed E-state index contributed by atoms with van der Waals surface area (Å²) < 4.78 is 10.8. The van der Waals surface area contributed by atoms with Gasteiger partial charge in [0.1, 0.15) is 16.5 Å². The van der Waals surface area contributed by atoms with E-state index >= 15 is 0 Å². The van der Waals surface area contributed by atoms with Crippen molar-refractivity contribution in [3.63, 3.8) is 0 Å². The first-order valence-corrected chi connectivity index (χ1v) is 9.20. The molecular weight excluding hydrogens is 338 g/mol. The largest absolute Gasteiger partial charge is 0.497 e. The van der Waals surface area contributed by atoms with Gasteiger partial charge in [0.05, 0.1) is 7.11 Å². The molecule has 0 saturated carbocycles. The van der Waals surface area contributed by atoms with Crippen LogP contribution in [0.3, 0.4) is 0 Å². The molecule has 0 aliphatic carbocycles. The minimum atomic E-state index is -0.157. The second-order valence-corrected chi connectivity index (χ2v) is 7.08. The van der Waals surface area contributed by atoms with Gasteiger partial charge in [-0.15, -0.1) is 11.3 Å². The number of carbonyl (C=O) groups is 1. The number of carbonyl (C=O) groups excluding carboxylic acids is 1. The van der Waals surface area contributed by atoms with Gasteiger partial charge in [0.2, 0.25) is 0 Å². The molecule has 3 N–H and O–H groups in total. The zero-order chi connectivity index (χ0) is 17.7. The summed E-state index contributed by atoms with van der Waals surface area (Å²) in [5.41, 5.74) is 7.06. The van der Waals surface area contributed by atoms with Gasteiger partial charge in [-0.25, -0.2) is 4.98 Å². The van der Waals surface area contributed by atoms with Gasteiger partial charge in [-0.2, -0.15) is 0 Å². The van der Waals surface area contributed by atoms with Gasteiger partial charge in [0.15, 0.2) is 0 Å². The highest BCUT2D eigenvalue weighted by molar-refractivity contribution is 7.09. The van der Waals surface area contributed by atoms with Crippen LogP contribution in [-0.4, -0.2) is 37.8 Å². The van der Waals surface area contributed by atoms with Crippen LogP contribution < -0.4 is 15.8 Å². The molecule has 2 heterocycles. The van der Waals surface area contributed by atoms with E-state index in [-0.39, 0.29) is 11.3 Å². The highest BCUT2D eigenvalue weighted by Gasteiger charge is 2.35. The van der Waals surface area contributed by atoms with E-state index in [1.807, 2.05) is 12.1 Å². The number of amides is 1. The molecule has 0 radical (unpaired) electrons. The Labute approximate surface area is 151 Å². The SMILES string of the molecule is COc1ccc(C2(CNC(=O)c3csc(CN)n3)CCOCC2)cc1. The predicted molar refractivity (Wildman–Crippen MR) is 97.1 cm³/mol. The topological polar surface area (TPSA) is 86.5 Å². The Morgan fingerprint density at radius 1 is 1.36 bits per heavy atom. The number of hydrogen-bond donors (Lipinski definition) is 2. The number of methoxy groups -OCH3 is 1. The van der Waals surface area contributed by atoms with Gasteiger partial charge in [-0.05, 0) is 30.5 Å². The summed E-state index contributed by atoms with van der Waals surface area (Å²) in [7, 11) is 1.66. The predicted octanol–water partition coefficient (Wildman–Crippen LogP) is 2.09. The van der Waals surface area contributed by atoms with Crippen molar-refractivity contribution < 1.29 is 14.3 Å². The van der Waals surface area contributed by atoms with Gasteiger partial charge < -0.3 is 20.5 Å². The average Bonchev–Trinajstić information content (AvgIpc) is 3.16. The summed E-state index contributed by atoms with van der Waals surface area (Å²) in [6.45, 7) is 2.29. The van der Waals surface area contributed by atoms with E-state index in [2.05, 4.69) is 22.4 Å². The van der Waals surface area contributed by atoms with Gasteiger partial charge in [0.25, 0.3) is 5.91 Å². The van der Waals surface area contributed by atoms with Gasteiger partial charge in [-0.3, -0.25) is 4.79 Å². The molecule has 1 amide bonds. The molecule has 1 aliphatic heterocycles. The van der Waals surface area contributed by atoms with Crippen molar-refractivity contribution in [2.24, 2.45) is 5.73 Å². The van der Waals surface area contributed by atoms with E-state index in [9.17, 15) is 4.79 Å². The molecule has 3 rings (SSSR count). The summed E-state index contributed by atoms with van der Waals surface area (Å²) in [6.07, 6.45) is 1.73. The fraction of sp³-hybridized carbons (Fsp3) is 0.444. The number of ether oxygens (including phenoxy) is 2. The molecule has 0 bridgehead atoms. The molecule has 2 aromatic rings. The third-order valence-corrected chi connectivity index (χ3v) is 5.57. The first-order chi connectivity index (χ1) is 12.2. The van der Waals surface area contributed by atoms with Crippen molar-refractivity contribution in [3.05, 3.63) is 45.9 Å². The smallest absolute Gasteiger partial charge is 0.270 e. The van der Waals surface area contributed by atoms with Crippen molar-refractivity contribution in [1.82, 2.24) is 10.3 Å². The van der Waals surface area contributed by atoms with E-state index in [0.717, 1.165) is 23.6 Å². The summed E-state index contributed by atoms with van der Waals surface area (Å²) >= 11 is 1.41. The number of nitrogens with one attached hydrogen (secondary N) is 1. The maximum absolute atomic E-state index is 12.4. The average molecular weight is 361 g/mol. The van der Waals surface area contributed by atoms with Gasteiger partial charge in [0, 0.05) is 37.1 Å². The Morgan fingerprint density at radius 3 is 2.68 bits per heavy atom. The summed E-state index contributed by atoms with van der Waals surface area (Å²) in [6, 6.07) is 8.07. The molecule has 1 fully saturated rings. The molecule has 1 aromatic carbocycles. The van der Waals surface area contributed by atoms with Crippen LogP contribution >= 0.6 is 11.3 Å². The lowest BCUT2D eigenvalue weighted by molar-refractivity contribution is 0.0486. The third-order valence-electron chi connectivity index (χ3n) is 4.70. The highest BCUT2D eigenvalue weighted by Crippen LogP contribution is 2.35. The van der Waals surface area contributed by atoms with Crippen molar-refractivity contribution >= 4 is 17.2 Å².